The number of aldehydes is 1. The van der Waals surface area contributed by atoms with Crippen LogP contribution in [0.3, 0.4) is 0 Å². The highest BCUT2D eigenvalue weighted by Gasteiger charge is 2.52. The van der Waals surface area contributed by atoms with Crippen molar-refractivity contribution in [3.8, 4) is 0 Å². The van der Waals surface area contributed by atoms with Gasteiger partial charge in [-0.15, -0.1) is 0 Å². The zero-order chi connectivity index (χ0) is 20.1. The molecule has 2 atom stereocenters. The van der Waals surface area contributed by atoms with Gasteiger partial charge in [0.15, 0.2) is 0 Å². The van der Waals surface area contributed by atoms with Crippen molar-refractivity contribution < 1.29 is 4.79 Å². The molecule has 4 aromatic rings. The van der Waals surface area contributed by atoms with Gasteiger partial charge in [-0.25, -0.2) is 9.97 Å². The molecular weight excluding hydrogens is 426 g/mol. The van der Waals surface area contributed by atoms with Crippen molar-refractivity contribution in [2.75, 3.05) is 0 Å². The van der Waals surface area contributed by atoms with Gasteiger partial charge in [0.05, 0.1) is 26.7 Å². The van der Waals surface area contributed by atoms with E-state index in [9.17, 15) is 4.79 Å². The predicted octanol–water partition coefficient (Wildman–Crippen LogP) is 5.49. The van der Waals surface area contributed by atoms with E-state index in [0.29, 0.717) is 12.8 Å². The van der Waals surface area contributed by atoms with Crippen LogP contribution in [0.25, 0.3) is 28.0 Å². The maximum absolute atomic E-state index is 11.5. The van der Waals surface area contributed by atoms with Crippen molar-refractivity contribution in [2.24, 2.45) is 0 Å². The summed E-state index contributed by atoms with van der Waals surface area (Å²) in [4.78, 5) is 21.5. The second kappa shape index (κ2) is 6.63. The average molecular weight is 446 g/mol. The molecule has 0 fully saturated rings. The topological polar surface area (TPSA) is 47.8 Å². The van der Waals surface area contributed by atoms with E-state index in [4.69, 9.17) is 9.97 Å². The van der Waals surface area contributed by atoms with Crippen molar-refractivity contribution in [1.82, 2.24) is 14.5 Å². The lowest BCUT2D eigenvalue weighted by Crippen LogP contribution is -2.52. The number of benzene rings is 2. The quantitative estimate of drug-likeness (QED) is 0.308. The largest absolute Gasteiger partial charge is 0.334 e. The first-order chi connectivity index (χ1) is 14.1. The van der Waals surface area contributed by atoms with Crippen molar-refractivity contribution >= 4 is 50.2 Å². The van der Waals surface area contributed by atoms with Crippen LogP contribution in [0.15, 0.2) is 66.9 Å². The minimum atomic E-state index is -0.599. The van der Waals surface area contributed by atoms with Crippen LogP contribution in [0, 0.1) is 0 Å². The number of carbonyl (C=O) groups excluding carboxylic acids is 1. The monoisotopic (exact) mass is 445 g/mol. The number of nitrogens with zero attached hydrogens (tertiary/aromatic N) is 3. The third-order valence-electron chi connectivity index (χ3n) is 5.99. The summed E-state index contributed by atoms with van der Waals surface area (Å²) in [5, 5.41) is 1.16. The number of hydrogen-bond donors (Lipinski definition) is 0. The Hall–Kier alpha value is -2.79. The highest BCUT2D eigenvalue weighted by molar-refractivity contribution is 9.10. The van der Waals surface area contributed by atoms with Gasteiger partial charge in [0, 0.05) is 18.1 Å². The normalized spacial score (nSPS) is 23.4. The molecule has 2 heterocycles. The van der Waals surface area contributed by atoms with Gasteiger partial charge in [0.25, 0.3) is 0 Å². The average Bonchev–Trinajstić information content (AvgIpc) is 3.16. The number of aromatic nitrogens is 3. The molecule has 1 aliphatic carbocycles. The summed E-state index contributed by atoms with van der Waals surface area (Å²) in [6.45, 7) is 2.14. The Bertz CT molecular complexity index is 1270. The van der Waals surface area contributed by atoms with Gasteiger partial charge in [-0.1, -0.05) is 52.3 Å². The molecule has 5 rings (SSSR count). The maximum atomic E-state index is 11.5. The van der Waals surface area contributed by atoms with Gasteiger partial charge in [-0.2, -0.15) is 0 Å². The summed E-state index contributed by atoms with van der Waals surface area (Å²) in [6, 6.07) is 18.4. The van der Waals surface area contributed by atoms with Gasteiger partial charge in [-0.05, 0) is 49.1 Å². The fraction of sp³-hybridized carbons (Fsp3) is 0.208. The summed E-state index contributed by atoms with van der Waals surface area (Å²) < 4.78 is 1.82. The van der Waals surface area contributed by atoms with E-state index in [1.165, 1.54) is 0 Å². The maximum Gasteiger partial charge on any atom is 0.120 e. The zero-order valence-corrected chi connectivity index (χ0v) is 17.6. The molecule has 0 spiro atoms. The first-order valence-electron chi connectivity index (χ1n) is 9.72. The SMILES string of the molecule is CC1(Br)C=Cc2nc3ccccc3nc2C1(CCC=O)n1ccc2ccccc21. The zero-order valence-electron chi connectivity index (χ0n) is 16.0. The van der Waals surface area contributed by atoms with Crippen LogP contribution < -0.4 is 0 Å². The molecule has 0 amide bonds. The number of fused-ring (bicyclic) bond motifs is 3. The molecule has 0 N–H and O–H groups in total. The first-order valence-corrected chi connectivity index (χ1v) is 10.5. The molecule has 2 aromatic carbocycles. The summed E-state index contributed by atoms with van der Waals surface area (Å²) in [6.07, 6.45) is 8.31. The summed E-state index contributed by atoms with van der Waals surface area (Å²) in [7, 11) is 0. The van der Waals surface area contributed by atoms with Crippen molar-refractivity contribution in [3.63, 3.8) is 0 Å². The minimum Gasteiger partial charge on any atom is -0.334 e. The number of para-hydroxylation sites is 3. The summed E-state index contributed by atoms with van der Waals surface area (Å²) in [5.41, 5.74) is 3.98. The molecule has 2 unspecified atom stereocenters. The molecule has 29 heavy (non-hydrogen) atoms. The van der Waals surface area contributed by atoms with Gasteiger partial charge < -0.3 is 9.36 Å². The van der Waals surface area contributed by atoms with E-state index in [-0.39, 0.29) is 0 Å². The first kappa shape index (κ1) is 18.3. The van der Waals surface area contributed by atoms with E-state index >= 15 is 0 Å². The van der Waals surface area contributed by atoms with Gasteiger partial charge in [-0.3, -0.25) is 0 Å². The number of hydrogen-bond acceptors (Lipinski definition) is 3. The lowest BCUT2D eigenvalue weighted by Gasteiger charge is -2.47. The van der Waals surface area contributed by atoms with Gasteiger partial charge in [0.1, 0.15) is 11.8 Å². The molecule has 2 aromatic heterocycles. The molecular formula is C24H20BrN3O. The summed E-state index contributed by atoms with van der Waals surface area (Å²) >= 11 is 4.00. The van der Waals surface area contributed by atoms with E-state index in [1.807, 2.05) is 42.5 Å². The predicted molar refractivity (Wildman–Crippen MR) is 120 cm³/mol. The van der Waals surface area contributed by atoms with Crippen LogP contribution in [-0.4, -0.2) is 25.1 Å². The molecule has 0 saturated carbocycles. The molecule has 1 aliphatic rings. The Labute approximate surface area is 177 Å². The molecule has 0 bridgehead atoms. The Morgan fingerprint density at radius 3 is 2.55 bits per heavy atom. The van der Waals surface area contributed by atoms with Crippen LogP contribution in [0.4, 0.5) is 0 Å². The number of alkyl halides is 1. The fourth-order valence-electron chi connectivity index (χ4n) is 4.56. The van der Waals surface area contributed by atoms with E-state index in [0.717, 1.165) is 39.6 Å². The Balaban J connectivity index is 1.89. The van der Waals surface area contributed by atoms with Crippen LogP contribution in [0.2, 0.25) is 0 Å². The Morgan fingerprint density at radius 1 is 1.03 bits per heavy atom. The standard InChI is InChI=1S/C24H20BrN3O/c1-23(25)14-11-20-22(27-19-9-4-3-8-18(19)26-20)24(23,13-6-16-29)28-15-12-17-7-2-5-10-21(17)28/h2-5,7-12,14-16H,6,13H2,1H3. The fourth-order valence-corrected chi connectivity index (χ4v) is 5.26. The number of carbonyl (C=O) groups is 1. The number of halogens is 1. The van der Waals surface area contributed by atoms with Crippen LogP contribution in [-0.2, 0) is 10.3 Å². The van der Waals surface area contributed by atoms with Crippen LogP contribution in [0.5, 0.6) is 0 Å². The number of allylic oxidation sites excluding steroid dienone is 1. The highest BCUT2D eigenvalue weighted by atomic mass is 79.9. The van der Waals surface area contributed by atoms with E-state index in [1.54, 1.807) is 0 Å². The molecule has 144 valence electrons. The lowest BCUT2D eigenvalue weighted by molar-refractivity contribution is -0.108. The highest BCUT2D eigenvalue weighted by Crippen LogP contribution is 2.51. The van der Waals surface area contributed by atoms with Gasteiger partial charge >= 0.3 is 0 Å². The van der Waals surface area contributed by atoms with Crippen molar-refractivity contribution in [3.05, 3.63) is 78.3 Å². The molecule has 5 heteroatoms. The molecule has 0 radical (unpaired) electrons. The van der Waals surface area contributed by atoms with E-state index in [2.05, 4.69) is 57.9 Å². The minimum absolute atomic E-state index is 0.426. The van der Waals surface area contributed by atoms with Crippen LogP contribution >= 0.6 is 15.9 Å². The van der Waals surface area contributed by atoms with Crippen molar-refractivity contribution in [2.45, 2.75) is 29.6 Å². The Kier molecular flexibility index (Phi) is 4.17. The molecule has 0 saturated heterocycles. The summed E-state index contributed by atoms with van der Waals surface area (Å²) in [5.74, 6) is 0. The van der Waals surface area contributed by atoms with Gasteiger partial charge in [0.2, 0.25) is 0 Å². The Morgan fingerprint density at radius 2 is 1.76 bits per heavy atom. The molecule has 4 nitrogen and oxygen atoms in total. The smallest absolute Gasteiger partial charge is 0.120 e. The third-order valence-corrected chi connectivity index (χ3v) is 6.91. The second-order valence-electron chi connectivity index (χ2n) is 7.67. The molecule has 0 aliphatic heterocycles. The van der Waals surface area contributed by atoms with Crippen molar-refractivity contribution in [1.29, 1.82) is 0 Å². The lowest BCUT2D eigenvalue weighted by atomic mass is 9.73. The van der Waals surface area contributed by atoms with Crippen LogP contribution in [0.1, 0.15) is 31.2 Å². The second-order valence-corrected chi connectivity index (χ2v) is 9.31. The third kappa shape index (κ3) is 2.60. The van der Waals surface area contributed by atoms with E-state index < -0.39 is 9.86 Å². The number of rotatable bonds is 4.